The van der Waals surface area contributed by atoms with E-state index in [1.54, 1.807) is 42.5 Å². The van der Waals surface area contributed by atoms with Crippen LogP contribution in [-0.2, 0) is 0 Å². The van der Waals surface area contributed by atoms with Gasteiger partial charge in [0.15, 0.2) is 5.76 Å². The number of carbonyl (C=O) groups excluding carboxylic acids is 2. The minimum absolute atomic E-state index is 0.195. The quantitative estimate of drug-likeness (QED) is 0.306. The first-order valence-corrected chi connectivity index (χ1v) is 9.42. The number of aryl methyl sites for hydroxylation is 1. The van der Waals surface area contributed by atoms with Crippen LogP contribution in [0.4, 0.5) is 0 Å². The Balaban J connectivity index is 1.56. The normalized spacial score (nSPS) is 13.9. The van der Waals surface area contributed by atoms with E-state index in [0.717, 1.165) is 11.1 Å². The van der Waals surface area contributed by atoms with Crippen LogP contribution in [0.15, 0.2) is 77.0 Å². The molecule has 0 spiro atoms. The zero-order valence-electron chi connectivity index (χ0n) is 14.9. The Morgan fingerprint density at radius 1 is 1.04 bits per heavy atom. The highest BCUT2D eigenvalue weighted by atomic mass is 79.9. The monoisotopic (exact) mass is 434 g/mol. The van der Waals surface area contributed by atoms with Crippen LogP contribution in [0.3, 0.4) is 0 Å². The highest BCUT2D eigenvalue weighted by Gasteiger charge is 2.28. The number of Topliss-reactive ketones (excluding diaryl/α,β-unsaturated/α-hetero) is 1. The average Bonchev–Trinajstić information content (AvgIpc) is 2.99. The van der Waals surface area contributed by atoms with Crippen molar-refractivity contribution in [1.29, 1.82) is 0 Å². The lowest BCUT2D eigenvalue weighted by atomic mass is 10.1. The van der Waals surface area contributed by atoms with Gasteiger partial charge in [-0.3, -0.25) is 4.79 Å². The van der Waals surface area contributed by atoms with E-state index in [1.807, 2.05) is 37.3 Å². The summed E-state index contributed by atoms with van der Waals surface area (Å²) in [7, 11) is 0. The third-order valence-corrected chi connectivity index (χ3v) is 5.01. The SMILES string of the molecule is Cc1ccc(C=C2Oc3cc(OC(=O)c4ccccc4Br)ccc3C2=O)cc1. The highest BCUT2D eigenvalue weighted by Crippen LogP contribution is 2.35. The zero-order valence-corrected chi connectivity index (χ0v) is 16.5. The standard InChI is InChI=1S/C23H15BrO4/c1-14-6-8-15(9-7-14)12-21-22(25)18-11-10-16(13-20(18)28-21)27-23(26)17-4-2-3-5-19(17)24/h2-13H,1H3. The van der Waals surface area contributed by atoms with Crippen molar-refractivity contribution in [2.45, 2.75) is 6.92 Å². The average molecular weight is 435 g/mol. The molecule has 0 N–H and O–H groups in total. The number of esters is 1. The number of ether oxygens (including phenoxy) is 2. The molecule has 4 rings (SSSR count). The van der Waals surface area contributed by atoms with Gasteiger partial charge in [-0.15, -0.1) is 0 Å². The van der Waals surface area contributed by atoms with Crippen LogP contribution in [0.1, 0.15) is 31.8 Å². The first-order valence-electron chi connectivity index (χ1n) is 8.63. The number of hydrogen-bond acceptors (Lipinski definition) is 4. The summed E-state index contributed by atoms with van der Waals surface area (Å²) in [4.78, 5) is 24.9. The van der Waals surface area contributed by atoms with Crippen LogP contribution in [0.25, 0.3) is 6.08 Å². The van der Waals surface area contributed by atoms with Gasteiger partial charge in [0.25, 0.3) is 0 Å². The maximum atomic E-state index is 12.6. The van der Waals surface area contributed by atoms with Gasteiger partial charge in [-0.2, -0.15) is 0 Å². The van der Waals surface area contributed by atoms with E-state index >= 15 is 0 Å². The van der Waals surface area contributed by atoms with E-state index in [2.05, 4.69) is 15.9 Å². The van der Waals surface area contributed by atoms with Crippen molar-refractivity contribution in [2.24, 2.45) is 0 Å². The number of ketones is 1. The molecule has 28 heavy (non-hydrogen) atoms. The lowest BCUT2D eigenvalue weighted by Gasteiger charge is -2.06. The number of benzene rings is 3. The summed E-state index contributed by atoms with van der Waals surface area (Å²) in [6.45, 7) is 2.00. The predicted molar refractivity (Wildman–Crippen MR) is 110 cm³/mol. The van der Waals surface area contributed by atoms with E-state index in [-0.39, 0.29) is 11.5 Å². The third-order valence-electron chi connectivity index (χ3n) is 4.32. The van der Waals surface area contributed by atoms with Gasteiger partial charge in [0, 0.05) is 10.5 Å². The molecular weight excluding hydrogens is 420 g/mol. The summed E-state index contributed by atoms with van der Waals surface area (Å²) in [5, 5.41) is 0. The molecular formula is C23H15BrO4. The van der Waals surface area contributed by atoms with E-state index in [9.17, 15) is 9.59 Å². The molecule has 0 aliphatic carbocycles. The first-order chi connectivity index (χ1) is 13.5. The number of hydrogen-bond donors (Lipinski definition) is 0. The maximum Gasteiger partial charge on any atom is 0.344 e. The molecule has 1 aliphatic rings. The lowest BCUT2D eigenvalue weighted by molar-refractivity contribution is 0.0733. The van der Waals surface area contributed by atoms with Crippen LogP contribution in [0.2, 0.25) is 0 Å². The Morgan fingerprint density at radius 3 is 2.54 bits per heavy atom. The van der Waals surface area contributed by atoms with Crippen LogP contribution in [0, 0.1) is 6.92 Å². The fraction of sp³-hybridized carbons (Fsp3) is 0.0435. The predicted octanol–water partition coefficient (Wildman–Crippen LogP) is 5.59. The molecule has 1 aliphatic heterocycles. The Labute approximate surface area is 170 Å². The second-order valence-corrected chi connectivity index (χ2v) is 7.23. The molecule has 138 valence electrons. The van der Waals surface area contributed by atoms with E-state index in [0.29, 0.717) is 27.1 Å². The highest BCUT2D eigenvalue weighted by molar-refractivity contribution is 9.10. The molecule has 0 atom stereocenters. The number of halogens is 1. The molecule has 0 saturated heterocycles. The molecule has 5 heteroatoms. The van der Waals surface area contributed by atoms with Gasteiger partial charge < -0.3 is 9.47 Å². The van der Waals surface area contributed by atoms with Gasteiger partial charge in [-0.1, -0.05) is 42.0 Å². The minimum Gasteiger partial charge on any atom is -0.452 e. The summed E-state index contributed by atoms with van der Waals surface area (Å²) < 4.78 is 11.8. The summed E-state index contributed by atoms with van der Waals surface area (Å²) in [5.74, 6) is 0.240. The van der Waals surface area contributed by atoms with Crippen LogP contribution >= 0.6 is 15.9 Å². The number of rotatable bonds is 3. The number of carbonyl (C=O) groups is 2. The second kappa shape index (κ2) is 7.44. The minimum atomic E-state index is -0.493. The van der Waals surface area contributed by atoms with E-state index in [1.165, 1.54) is 0 Å². The van der Waals surface area contributed by atoms with Gasteiger partial charge in [-0.05, 0) is 58.8 Å². The Hall–Kier alpha value is -3.18. The van der Waals surface area contributed by atoms with E-state index < -0.39 is 5.97 Å². The van der Waals surface area contributed by atoms with Crippen LogP contribution < -0.4 is 9.47 Å². The zero-order chi connectivity index (χ0) is 19.7. The van der Waals surface area contributed by atoms with Gasteiger partial charge >= 0.3 is 5.97 Å². The lowest BCUT2D eigenvalue weighted by Crippen LogP contribution is -2.09. The van der Waals surface area contributed by atoms with Crippen molar-refractivity contribution in [2.75, 3.05) is 0 Å². The summed E-state index contributed by atoms with van der Waals surface area (Å²) in [6, 6.07) is 19.5. The molecule has 0 fully saturated rings. The Kier molecular flexibility index (Phi) is 4.84. The van der Waals surface area contributed by atoms with Gasteiger partial charge in [0.2, 0.25) is 5.78 Å². The Morgan fingerprint density at radius 2 is 1.79 bits per heavy atom. The van der Waals surface area contributed by atoms with Crippen LogP contribution in [-0.4, -0.2) is 11.8 Å². The molecule has 0 amide bonds. The van der Waals surface area contributed by atoms with Crippen molar-refractivity contribution >= 4 is 33.8 Å². The summed E-state index contributed by atoms with van der Waals surface area (Å²) in [6.07, 6.45) is 1.70. The maximum absolute atomic E-state index is 12.6. The first kappa shape index (κ1) is 18.2. The molecule has 3 aromatic rings. The third kappa shape index (κ3) is 3.62. The molecule has 0 radical (unpaired) electrons. The van der Waals surface area contributed by atoms with Crippen molar-refractivity contribution in [3.05, 3.63) is 99.2 Å². The Bertz CT molecular complexity index is 1110. The molecule has 0 bridgehead atoms. The van der Waals surface area contributed by atoms with Gasteiger partial charge in [0.05, 0.1) is 11.1 Å². The molecule has 4 nitrogen and oxygen atoms in total. The van der Waals surface area contributed by atoms with Crippen molar-refractivity contribution < 1.29 is 19.1 Å². The smallest absolute Gasteiger partial charge is 0.344 e. The molecule has 1 heterocycles. The number of fused-ring (bicyclic) bond motifs is 1. The molecule has 0 unspecified atom stereocenters. The van der Waals surface area contributed by atoms with E-state index in [4.69, 9.17) is 9.47 Å². The van der Waals surface area contributed by atoms with Crippen molar-refractivity contribution in [3.8, 4) is 11.5 Å². The fourth-order valence-electron chi connectivity index (χ4n) is 2.83. The molecule has 0 saturated carbocycles. The van der Waals surface area contributed by atoms with Gasteiger partial charge in [0.1, 0.15) is 11.5 Å². The van der Waals surface area contributed by atoms with Gasteiger partial charge in [-0.25, -0.2) is 4.79 Å². The summed E-state index contributed by atoms with van der Waals surface area (Å²) in [5.41, 5.74) is 2.88. The van der Waals surface area contributed by atoms with Crippen molar-refractivity contribution in [1.82, 2.24) is 0 Å². The largest absolute Gasteiger partial charge is 0.452 e. The molecule has 0 aromatic heterocycles. The van der Waals surface area contributed by atoms with Crippen molar-refractivity contribution in [3.63, 3.8) is 0 Å². The molecule has 3 aromatic carbocycles. The van der Waals surface area contributed by atoms with Crippen LogP contribution in [0.5, 0.6) is 11.5 Å². The number of allylic oxidation sites excluding steroid dienone is 1. The fourth-order valence-corrected chi connectivity index (χ4v) is 3.28. The summed E-state index contributed by atoms with van der Waals surface area (Å²) >= 11 is 3.33. The topological polar surface area (TPSA) is 52.6 Å². The second-order valence-electron chi connectivity index (χ2n) is 6.38.